The molecule has 0 saturated heterocycles. The summed E-state index contributed by atoms with van der Waals surface area (Å²) in [5, 5.41) is 0. The molecule has 0 saturated carbocycles. The van der Waals surface area contributed by atoms with Crippen molar-refractivity contribution >= 4 is 26.7 Å². The highest BCUT2D eigenvalue weighted by Gasteiger charge is 2.11. The first kappa shape index (κ1) is 15.4. The first-order chi connectivity index (χ1) is 11.1. The summed E-state index contributed by atoms with van der Waals surface area (Å²) in [5.41, 5.74) is 3.05. The van der Waals surface area contributed by atoms with Gasteiger partial charge in [-0.3, -0.25) is 14.7 Å². The lowest BCUT2D eigenvalue weighted by Crippen LogP contribution is -2.17. The van der Waals surface area contributed by atoms with Gasteiger partial charge in [0.25, 0.3) is 0 Å². The summed E-state index contributed by atoms with van der Waals surface area (Å²) in [5.74, 6) is 0.0837. The fourth-order valence-corrected chi connectivity index (χ4v) is 3.48. The molecule has 0 fully saturated rings. The van der Waals surface area contributed by atoms with Crippen molar-refractivity contribution in [3.63, 3.8) is 0 Å². The number of rotatable bonds is 6. The second-order valence-electron chi connectivity index (χ2n) is 5.27. The number of hydrogen-bond donors (Lipinski definition) is 1. The summed E-state index contributed by atoms with van der Waals surface area (Å²) >= 11 is 0. The van der Waals surface area contributed by atoms with Crippen LogP contribution < -0.4 is 4.72 Å². The topological polar surface area (TPSA) is 72.0 Å². The molecule has 0 aliphatic rings. The van der Waals surface area contributed by atoms with Crippen molar-refractivity contribution in [3.05, 3.63) is 66.5 Å². The number of hydrogen-bond acceptors (Lipinski definition) is 4. The molecule has 1 N–H and O–H groups in total. The zero-order chi connectivity index (χ0) is 16.1. The molecule has 3 aromatic rings. The molecule has 1 heterocycles. The van der Waals surface area contributed by atoms with E-state index in [2.05, 4.69) is 14.7 Å². The Kier molecular flexibility index (Phi) is 4.52. The maximum absolute atomic E-state index is 12.2. The average molecular weight is 327 g/mol. The van der Waals surface area contributed by atoms with E-state index in [0.717, 1.165) is 17.5 Å². The third-order valence-electron chi connectivity index (χ3n) is 3.46. The van der Waals surface area contributed by atoms with Crippen molar-refractivity contribution in [1.82, 2.24) is 9.97 Å². The number of fused-ring (bicyclic) bond motifs is 1. The average Bonchev–Trinajstić information content (AvgIpc) is 2.55. The summed E-state index contributed by atoms with van der Waals surface area (Å²) in [7, 11) is -3.37. The van der Waals surface area contributed by atoms with Crippen molar-refractivity contribution in [2.45, 2.75) is 12.8 Å². The minimum Gasteiger partial charge on any atom is -0.283 e. The van der Waals surface area contributed by atoms with E-state index >= 15 is 0 Å². The van der Waals surface area contributed by atoms with E-state index in [1.165, 1.54) is 0 Å². The predicted molar refractivity (Wildman–Crippen MR) is 91.7 cm³/mol. The minimum absolute atomic E-state index is 0.0837. The molecule has 0 atom stereocenters. The van der Waals surface area contributed by atoms with E-state index in [0.29, 0.717) is 17.6 Å². The second kappa shape index (κ2) is 6.75. The first-order valence-corrected chi connectivity index (χ1v) is 9.03. The Morgan fingerprint density at radius 1 is 0.913 bits per heavy atom. The fourth-order valence-electron chi connectivity index (χ4n) is 2.37. The lowest BCUT2D eigenvalue weighted by molar-refractivity contribution is 0.598. The predicted octanol–water partition coefficient (Wildman–Crippen LogP) is 3.00. The summed E-state index contributed by atoms with van der Waals surface area (Å²) in [6.07, 6.45) is 4.51. The molecular formula is C17H17N3O2S. The normalized spacial score (nSPS) is 11.5. The highest BCUT2D eigenvalue weighted by Crippen LogP contribution is 2.16. The van der Waals surface area contributed by atoms with Crippen LogP contribution in [-0.4, -0.2) is 24.1 Å². The Balaban J connectivity index is 1.63. The third kappa shape index (κ3) is 4.26. The molecule has 0 unspecified atom stereocenters. The lowest BCUT2D eigenvalue weighted by Gasteiger charge is -2.08. The van der Waals surface area contributed by atoms with Gasteiger partial charge in [0, 0.05) is 12.4 Å². The molecule has 5 nitrogen and oxygen atoms in total. The highest BCUT2D eigenvalue weighted by molar-refractivity contribution is 7.92. The van der Waals surface area contributed by atoms with Gasteiger partial charge in [-0.15, -0.1) is 0 Å². The molecule has 0 radical (unpaired) electrons. The smallest absolute Gasteiger partial charge is 0.232 e. The molecule has 2 aromatic carbocycles. The Hall–Kier alpha value is -2.47. The maximum atomic E-state index is 12.2. The number of nitrogens with one attached hydrogen (secondary N) is 1. The molecule has 0 aliphatic carbocycles. The van der Waals surface area contributed by atoms with Crippen molar-refractivity contribution in [1.29, 1.82) is 0 Å². The molecule has 0 spiro atoms. The second-order valence-corrected chi connectivity index (χ2v) is 7.11. The van der Waals surface area contributed by atoms with E-state index in [4.69, 9.17) is 0 Å². The van der Waals surface area contributed by atoms with Crippen molar-refractivity contribution in [3.8, 4) is 0 Å². The number of benzene rings is 2. The van der Waals surface area contributed by atoms with E-state index in [9.17, 15) is 8.42 Å². The number of sulfonamides is 1. The van der Waals surface area contributed by atoms with Gasteiger partial charge in [-0.05, 0) is 36.6 Å². The summed E-state index contributed by atoms with van der Waals surface area (Å²) < 4.78 is 27.0. The van der Waals surface area contributed by atoms with Gasteiger partial charge >= 0.3 is 0 Å². The Bertz CT molecular complexity index is 896. The van der Waals surface area contributed by atoms with E-state index in [1.54, 1.807) is 30.6 Å². The molecule has 0 aliphatic heterocycles. The van der Waals surface area contributed by atoms with Crippen molar-refractivity contribution < 1.29 is 8.42 Å². The van der Waals surface area contributed by atoms with E-state index in [1.807, 2.05) is 30.3 Å². The number of aromatic nitrogens is 2. The standard InChI is InChI=1S/C17H17N3O2S/c21-23(22,12-4-7-14-5-2-1-3-6-14)20-15-8-9-16-17(13-15)19-11-10-18-16/h1-3,5-6,8-11,13,20H,4,7,12H2. The Morgan fingerprint density at radius 3 is 2.43 bits per heavy atom. The van der Waals surface area contributed by atoms with Crippen LogP contribution in [0.2, 0.25) is 0 Å². The van der Waals surface area contributed by atoms with Crippen LogP contribution in [0.3, 0.4) is 0 Å². The van der Waals surface area contributed by atoms with E-state index in [-0.39, 0.29) is 5.75 Å². The van der Waals surface area contributed by atoms with Gasteiger partial charge < -0.3 is 0 Å². The van der Waals surface area contributed by atoms with Gasteiger partial charge in [0.2, 0.25) is 10.0 Å². The quantitative estimate of drug-likeness (QED) is 0.755. The van der Waals surface area contributed by atoms with Crippen LogP contribution in [0, 0.1) is 0 Å². The van der Waals surface area contributed by atoms with Gasteiger partial charge in [-0.25, -0.2) is 8.42 Å². The van der Waals surface area contributed by atoms with Gasteiger partial charge in [-0.1, -0.05) is 30.3 Å². The number of nitrogens with zero attached hydrogens (tertiary/aromatic N) is 2. The van der Waals surface area contributed by atoms with Gasteiger partial charge in [0.1, 0.15) is 0 Å². The van der Waals surface area contributed by atoms with Crippen molar-refractivity contribution in [2.75, 3.05) is 10.5 Å². The van der Waals surface area contributed by atoms with Crippen LogP contribution in [0.25, 0.3) is 11.0 Å². The van der Waals surface area contributed by atoms with Crippen LogP contribution in [0.5, 0.6) is 0 Å². The van der Waals surface area contributed by atoms with Crippen LogP contribution in [0.4, 0.5) is 5.69 Å². The molecule has 3 rings (SSSR count). The maximum Gasteiger partial charge on any atom is 0.232 e. The molecule has 0 bridgehead atoms. The fraction of sp³-hybridized carbons (Fsp3) is 0.176. The largest absolute Gasteiger partial charge is 0.283 e. The Labute approximate surface area is 135 Å². The Morgan fingerprint density at radius 2 is 1.65 bits per heavy atom. The monoisotopic (exact) mass is 327 g/mol. The number of aryl methyl sites for hydroxylation is 1. The van der Waals surface area contributed by atoms with Crippen molar-refractivity contribution in [2.24, 2.45) is 0 Å². The lowest BCUT2D eigenvalue weighted by atomic mass is 10.1. The molecule has 1 aromatic heterocycles. The molecular weight excluding hydrogens is 310 g/mol. The van der Waals surface area contributed by atoms with Crippen LogP contribution in [-0.2, 0) is 16.4 Å². The molecule has 0 amide bonds. The molecule has 23 heavy (non-hydrogen) atoms. The molecule has 6 heteroatoms. The summed E-state index contributed by atoms with van der Waals surface area (Å²) in [6.45, 7) is 0. The zero-order valence-electron chi connectivity index (χ0n) is 12.5. The van der Waals surface area contributed by atoms with Crippen LogP contribution in [0.15, 0.2) is 60.9 Å². The first-order valence-electron chi connectivity index (χ1n) is 7.38. The molecule has 118 valence electrons. The van der Waals surface area contributed by atoms with Gasteiger partial charge in [-0.2, -0.15) is 0 Å². The third-order valence-corrected chi connectivity index (χ3v) is 4.84. The van der Waals surface area contributed by atoms with Crippen LogP contribution >= 0.6 is 0 Å². The van der Waals surface area contributed by atoms with Gasteiger partial charge in [0.15, 0.2) is 0 Å². The minimum atomic E-state index is -3.37. The number of anilines is 1. The highest BCUT2D eigenvalue weighted by atomic mass is 32.2. The summed E-state index contributed by atoms with van der Waals surface area (Å²) in [4.78, 5) is 8.34. The van der Waals surface area contributed by atoms with Gasteiger partial charge in [0.05, 0.1) is 22.5 Å². The van der Waals surface area contributed by atoms with E-state index < -0.39 is 10.0 Å². The SMILES string of the molecule is O=S(=O)(CCCc1ccccc1)Nc1ccc2nccnc2c1. The summed E-state index contributed by atoms with van der Waals surface area (Å²) in [6, 6.07) is 15.0. The van der Waals surface area contributed by atoms with Crippen LogP contribution in [0.1, 0.15) is 12.0 Å². The zero-order valence-corrected chi connectivity index (χ0v) is 13.3.